The van der Waals surface area contributed by atoms with Crippen molar-refractivity contribution in [1.29, 1.82) is 0 Å². The molecular formula is C9H15N3O3S. The molecule has 1 heterocycles. The third-order valence-corrected chi connectivity index (χ3v) is 3.99. The van der Waals surface area contributed by atoms with E-state index in [9.17, 15) is 8.42 Å². The molecule has 1 aromatic rings. The molecule has 0 saturated carbocycles. The molecule has 7 heteroatoms. The van der Waals surface area contributed by atoms with Gasteiger partial charge in [0.15, 0.2) is 0 Å². The largest absolute Gasteiger partial charge is 0.480 e. The van der Waals surface area contributed by atoms with Crippen molar-refractivity contribution in [3.05, 3.63) is 18.1 Å². The maximum atomic E-state index is 11.2. The maximum absolute atomic E-state index is 11.2. The summed E-state index contributed by atoms with van der Waals surface area (Å²) in [6.45, 7) is 3.29. The molecule has 1 aromatic heterocycles. The molecule has 0 unspecified atom stereocenters. The molecule has 6 nitrogen and oxygen atoms in total. The van der Waals surface area contributed by atoms with Crippen molar-refractivity contribution in [3.8, 4) is 5.88 Å². The fourth-order valence-corrected chi connectivity index (χ4v) is 1.90. The number of rotatable bonds is 4. The smallest absolute Gasteiger partial charge is 0.231 e. The predicted molar refractivity (Wildman–Crippen MR) is 59.6 cm³/mol. The third kappa shape index (κ3) is 2.89. The average molecular weight is 245 g/mol. The van der Waals surface area contributed by atoms with Crippen molar-refractivity contribution < 1.29 is 13.2 Å². The van der Waals surface area contributed by atoms with E-state index in [4.69, 9.17) is 9.88 Å². The molecule has 0 amide bonds. The van der Waals surface area contributed by atoms with Crippen molar-refractivity contribution in [1.82, 2.24) is 9.97 Å². The molecular weight excluding hydrogens is 230 g/mol. The van der Waals surface area contributed by atoms with Gasteiger partial charge in [0.25, 0.3) is 0 Å². The van der Waals surface area contributed by atoms with Crippen molar-refractivity contribution in [2.45, 2.75) is 25.0 Å². The van der Waals surface area contributed by atoms with Gasteiger partial charge in [0.2, 0.25) is 15.9 Å². The van der Waals surface area contributed by atoms with Crippen molar-refractivity contribution in [2.24, 2.45) is 5.14 Å². The highest BCUT2D eigenvalue weighted by atomic mass is 32.2. The molecule has 16 heavy (non-hydrogen) atoms. The Kier molecular flexibility index (Phi) is 3.82. The number of nitrogens with zero attached hydrogens (tertiary/aromatic N) is 2. The van der Waals surface area contributed by atoms with Crippen LogP contribution in [0.4, 0.5) is 0 Å². The molecule has 90 valence electrons. The monoisotopic (exact) mass is 245 g/mol. The number of methoxy groups -OCH3 is 1. The minimum atomic E-state index is -3.56. The summed E-state index contributed by atoms with van der Waals surface area (Å²) in [5.74, 6) is 0.0765. The lowest BCUT2D eigenvalue weighted by Crippen LogP contribution is -2.30. The molecule has 0 aliphatic rings. The van der Waals surface area contributed by atoms with Gasteiger partial charge in [-0.2, -0.15) is 0 Å². The van der Waals surface area contributed by atoms with Crippen LogP contribution < -0.4 is 9.88 Å². The number of aromatic nitrogens is 2. The van der Waals surface area contributed by atoms with E-state index in [2.05, 4.69) is 9.97 Å². The number of primary sulfonamides is 1. The van der Waals surface area contributed by atoms with E-state index in [0.29, 0.717) is 11.6 Å². The Bertz CT molecular complexity index is 444. The van der Waals surface area contributed by atoms with Crippen LogP contribution in [0.2, 0.25) is 0 Å². The molecule has 2 N–H and O–H groups in total. The predicted octanol–water partition coefficient (Wildman–Crippen LogP) is 0.266. The van der Waals surface area contributed by atoms with Gasteiger partial charge in [0.05, 0.1) is 30.4 Å². The molecule has 2 atom stereocenters. The summed E-state index contributed by atoms with van der Waals surface area (Å²) in [6, 6.07) is 0. The van der Waals surface area contributed by atoms with Gasteiger partial charge in [-0.25, -0.2) is 18.5 Å². The van der Waals surface area contributed by atoms with Gasteiger partial charge in [-0.15, -0.1) is 0 Å². The second-order valence-corrected chi connectivity index (χ2v) is 5.49. The summed E-state index contributed by atoms with van der Waals surface area (Å²) in [5.41, 5.74) is 0.572. The van der Waals surface area contributed by atoms with Gasteiger partial charge in [0, 0.05) is 5.92 Å². The van der Waals surface area contributed by atoms with Crippen LogP contribution >= 0.6 is 0 Å². The number of nitrogens with two attached hydrogens (primary N) is 1. The fourth-order valence-electron chi connectivity index (χ4n) is 1.19. The van der Waals surface area contributed by atoms with Crippen LogP contribution in [-0.4, -0.2) is 30.7 Å². The number of sulfonamides is 1. The first-order valence-electron chi connectivity index (χ1n) is 4.73. The van der Waals surface area contributed by atoms with Gasteiger partial charge in [0.1, 0.15) is 0 Å². The lowest BCUT2D eigenvalue weighted by atomic mass is 10.1. The van der Waals surface area contributed by atoms with E-state index in [0.717, 1.165) is 0 Å². The first kappa shape index (κ1) is 12.9. The van der Waals surface area contributed by atoms with Gasteiger partial charge < -0.3 is 4.74 Å². The lowest BCUT2D eigenvalue weighted by molar-refractivity contribution is 0.394. The summed E-state index contributed by atoms with van der Waals surface area (Å²) in [6.07, 6.45) is 2.94. The van der Waals surface area contributed by atoms with E-state index in [1.165, 1.54) is 19.5 Å². The fraction of sp³-hybridized carbons (Fsp3) is 0.556. The van der Waals surface area contributed by atoms with Crippen LogP contribution in [0.15, 0.2) is 12.4 Å². The number of hydrogen-bond donors (Lipinski definition) is 1. The van der Waals surface area contributed by atoms with Crippen molar-refractivity contribution in [2.75, 3.05) is 7.11 Å². The number of hydrogen-bond acceptors (Lipinski definition) is 5. The van der Waals surface area contributed by atoms with Gasteiger partial charge >= 0.3 is 0 Å². The molecule has 0 spiro atoms. The SMILES string of the molecule is COc1cnc([C@@H](C)[C@H](C)S(N)(=O)=O)cn1. The lowest BCUT2D eigenvalue weighted by Gasteiger charge is -2.16. The first-order valence-corrected chi connectivity index (χ1v) is 6.34. The summed E-state index contributed by atoms with van der Waals surface area (Å²) in [5, 5.41) is 4.37. The highest BCUT2D eigenvalue weighted by Gasteiger charge is 2.25. The Hall–Kier alpha value is -1.21. The van der Waals surface area contributed by atoms with Crippen LogP contribution in [-0.2, 0) is 10.0 Å². The van der Waals surface area contributed by atoms with Crippen LogP contribution in [0.3, 0.4) is 0 Å². The van der Waals surface area contributed by atoms with Crippen molar-refractivity contribution >= 4 is 10.0 Å². The molecule has 0 aromatic carbocycles. The summed E-state index contributed by atoms with van der Waals surface area (Å²) in [7, 11) is -2.08. The second-order valence-electron chi connectivity index (χ2n) is 3.57. The molecule has 0 bridgehead atoms. The second kappa shape index (κ2) is 4.75. The topological polar surface area (TPSA) is 95.2 Å². The minimum Gasteiger partial charge on any atom is -0.480 e. The van der Waals surface area contributed by atoms with E-state index >= 15 is 0 Å². The zero-order chi connectivity index (χ0) is 12.3. The Morgan fingerprint density at radius 1 is 1.31 bits per heavy atom. The maximum Gasteiger partial charge on any atom is 0.231 e. The zero-order valence-corrected chi connectivity index (χ0v) is 10.2. The average Bonchev–Trinajstić information content (AvgIpc) is 2.26. The molecule has 1 rings (SSSR count). The van der Waals surface area contributed by atoms with Gasteiger partial charge in [-0.05, 0) is 6.92 Å². The first-order chi connectivity index (χ1) is 7.36. The molecule has 0 radical (unpaired) electrons. The Morgan fingerprint density at radius 2 is 1.94 bits per heavy atom. The molecule has 0 aliphatic carbocycles. The number of ether oxygens (including phenoxy) is 1. The van der Waals surface area contributed by atoms with E-state index in [1.807, 2.05) is 0 Å². The summed E-state index contributed by atoms with van der Waals surface area (Å²) in [4.78, 5) is 8.04. The molecule has 0 aliphatic heterocycles. The summed E-state index contributed by atoms with van der Waals surface area (Å²) < 4.78 is 27.2. The Balaban J connectivity index is 2.92. The summed E-state index contributed by atoms with van der Waals surface area (Å²) >= 11 is 0. The van der Waals surface area contributed by atoms with Crippen LogP contribution in [0, 0.1) is 0 Å². The Labute approximate surface area is 94.9 Å². The van der Waals surface area contributed by atoms with Crippen LogP contribution in [0.1, 0.15) is 25.5 Å². The normalized spacial score (nSPS) is 15.5. The van der Waals surface area contributed by atoms with E-state index < -0.39 is 15.3 Å². The zero-order valence-electron chi connectivity index (χ0n) is 9.41. The van der Waals surface area contributed by atoms with Crippen molar-refractivity contribution in [3.63, 3.8) is 0 Å². The highest BCUT2D eigenvalue weighted by molar-refractivity contribution is 7.89. The highest BCUT2D eigenvalue weighted by Crippen LogP contribution is 2.21. The molecule has 0 fully saturated rings. The quantitative estimate of drug-likeness (QED) is 0.821. The third-order valence-electron chi connectivity index (χ3n) is 2.55. The Morgan fingerprint density at radius 3 is 2.31 bits per heavy atom. The molecule has 0 saturated heterocycles. The minimum absolute atomic E-state index is 0.312. The van der Waals surface area contributed by atoms with Gasteiger partial charge in [-0.1, -0.05) is 6.92 Å². The van der Waals surface area contributed by atoms with Crippen LogP contribution in [0.25, 0.3) is 0 Å². The van der Waals surface area contributed by atoms with Crippen LogP contribution in [0.5, 0.6) is 5.88 Å². The van der Waals surface area contributed by atoms with E-state index in [1.54, 1.807) is 13.8 Å². The van der Waals surface area contributed by atoms with E-state index in [-0.39, 0.29) is 5.92 Å². The van der Waals surface area contributed by atoms with Gasteiger partial charge in [-0.3, -0.25) is 4.98 Å². The standard InChI is InChI=1S/C9H15N3O3S/c1-6(7(2)16(10,13)14)8-4-12-9(15-3)5-11-8/h4-7H,1-3H3,(H2,10,13,14)/t6-,7-/m0/s1.